The number of hydrogen-bond donors (Lipinski definition) is 0. The molecule has 4 nitrogen and oxygen atoms in total. The molecule has 330 valence electrons. The summed E-state index contributed by atoms with van der Waals surface area (Å²) in [5.41, 5.74) is 12.9. The van der Waals surface area contributed by atoms with Gasteiger partial charge < -0.3 is 4.57 Å². The van der Waals surface area contributed by atoms with Gasteiger partial charge in [0.05, 0.1) is 16.7 Å². The molecule has 0 amide bonds. The molecular weight excluding hydrogens is 861 g/mol. The van der Waals surface area contributed by atoms with Crippen LogP contribution in [0.2, 0.25) is 0 Å². The number of rotatable bonds is 7. The lowest BCUT2D eigenvalue weighted by Gasteiger charge is -2.21. The monoisotopic (exact) mass is 902 g/mol. The van der Waals surface area contributed by atoms with Crippen molar-refractivity contribution in [3.63, 3.8) is 0 Å². The first-order valence-corrected chi connectivity index (χ1v) is 24.2. The first-order valence-electron chi connectivity index (χ1n) is 24.2. The average Bonchev–Trinajstić information content (AvgIpc) is 3.77. The van der Waals surface area contributed by atoms with E-state index in [4.69, 9.17) is 15.0 Å². The van der Waals surface area contributed by atoms with Gasteiger partial charge in [0.15, 0.2) is 17.5 Å². The number of aromatic nitrogens is 4. The second-order valence-electron chi connectivity index (χ2n) is 18.3. The summed E-state index contributed by atoms with van der Waals surface area (Å²) in [4.78, 5) is 16.3. The fourth-order valence-corrected chi connectivity index (χ4v) is 10.8. The van der Waals surface area contributed by atoms with Crippen LogP contribution in [0.4, 0.5) is 0 Å². The molecule has 0 spiro atoms. The van der Waals surface area contributed by atoms with Gasteiger partial charge >= 0.3 is 0 Å². The van der Waals surface area contributed by atoms with Gasteiger partial charge in [-0.3, -0.25) is 0 Å². The van der Waals surface area contributed by atoms with Crippen LogP contribution in [-0.2, 0) is 0 Å². The van der Waals surface area contributed by atoms with Gasteiger partial charge in [-0.25, -0.2) is 15.0 Å². The van der Waals surface area contributed by atoms with E-state index in [1.54, 1.807) is 0 Å². The first-order chi connectivity index (χ1) is 35.2. The van der Waals surface area contributed by atoms with Crippen LogP contribution in [0.1, 0.15) is 0 Å². The highest BCUT2D eigenvalue weighted by molar-refractivity contribution is 6.22. The Labute approximate surface area is 410 Å². The standard InChI is InChI=1S/C67H42N4/c1-4-18-43(19-5-1)48-29-16-30-49(38-48)52-35-36-55-59(40-52)62(71-61-41-51-27-11-10-26-50(51)39-60(61)56-37-34-46-23-13-15-32-54(46)64(56)71)42-58(45-20-6-2-7-21-45)63(55)67-69-65(47-24-8-3-9-25-47)68-66(70-67)57-33-17-28-44-22-12-14-31-53(44)57/h1-42H. The van der Waals surface area contributed by atoms with Crippen LogP contribution in [0.25, 0.3) is 138 Å². The highest BCUT2D eigenvalue weighted by Gasteiger charge is 2.25. The molecule has 12 aromatic carbocycles. The van der Waals surface area contributed by atoms with Crippen molar-refractivity contribution in [2.75, 3.05) is 0 Å². The molecule has 0 fully saturated rings. The molecule has 0 aliphatic carbocycles. The summed E-state index contributed by atoms with van der Waals surface area (Å²) in [6.45, 7) is 0. The average molecular weight is 903 g/mol. The van der Waals surface area contributed by atoms with E-state index < -0.39 is 0 Å². The number of hydrogen-bond acceptors (Lipinski definition) is 3. The summed E-state index contributed by atoms with van der Waals surface area (Å²) in [5, 5.41) is 11.5. The summed E-state index contributed by atoms with van der Waals surface area (Å²) in [6, 6.07) is 91.6. The van der Waals surface area contributed by atoms with Crippen LogP contribution < -0.4 is 0 Å². The maximum Gasteiger partial charge on any atom is 0.165 e. The van der Waals surface area contributed by atoms with Crippen molar-refractivity contribution in [2.45, 2.75) is 0 Å². The topological polar surface area (TPSA) is 43.6 Å². The van der Waals surface area contributed by atoms with Gasteiger partial charge in [-0.05, 0) is 96.0 Å². The van der Waals surface area contributed by atoms with E-state index in [0.29, 0.717) is 17.5 Å². The summed E-state index contributed by atoms with van der Waals surface area (Å²) >= 11 is 0. The summed E-state index contributed by atoms with van der Waals surface area (Å²) < 4.78 is 2.53. The lowest BCUT2D eigenvalue weighted by molar-refractivity contribution is 1.08. The third kappa shape index (κ3) is 6.88. The Morgan fingerprint density at radius 3 is 1.55 bits per heavy atom. The third-order valence-electron chi connectivity index (χ3n) is 14.2. The van der Waals surface area contributed by atoms with E-state index in [1.807, 2.05) is 18.2 Å². The molecule has 0 saturated carbocycles. The van der Waals surface area contributed by atoms with Gasteiger partial charge in [-0.2, -0.15) is 0 Å². The molecule has 14 aromatic rings. The van der Waals surface area contributed by atoms with Crippen molar-refractivity contribution in [1.29, 1.82) is 0 Å². The molecule has 2 heterocycles. The Hall–Kier alpha value is -9.51. The summed E-state index contributed by atoms with van der Waals surface area (Å²) in [6.07, 6.45) is 0. The zero-order valence-corrected chi connectivity index (χ0v) is 38.5. The van der Waals surface area contributed by atoms with Crippen LogP contribution in [0.15, 0.2) is 255 Å². The van der Waals surface area contributed by atoms with Gasteiger partial charge in [0.2, 0.25) is 0 Å². The SMILES string of the molecule is c1ccc(-c2cccc(-c3ccc4c(-c5nc(-c6ccccc6)nc(-c6cccc7ccccc67)n5)c(-c5ccccc5)cc(-n5c6cc7ccccc7cc6c6ccc7ccccc7c65)c4c3)c2)cc1. The first kappa shape index (κ1) is 40.5. The molecular formula is C67H42N4. The molecule has 0 unspecified atom stereocenters. The van der Waals surface area contributed by atoms with E-state index >= 15 is 0 Å². The van der Waals surface area contributed by atoms with E-state index in [-0.39, 0.29) is 0 Å². The molecule has 0 aliphatic rings. The Balaban J connectivity index is 1.14. The second-order valence-corrected chi connectivity index (χ2v) is 18.3. The van der Waals surface area contributed by atoms with Gasteiger partial charge in [-0.1, -0.05) is 224 Å². The summed E-state index contributed by atoms with van der Waals surface area (Å²) in [5.74, 6) is 1.84. The van der Waals surface area contributed by atoms with Gasteiger partial charge in [0.25, 0.3) is 0 Å². The largest absolute Gasteiger partial charge is 0.308 e. The van der Waals surface area contributed by atoms with Crippen LogP contribution in [0.5, 0.6) is 0 Å². The predicted octanol–water partition coefficient (Wildman–Crippen LogP) is 17.6. The van der Waals surface area contributed by atoms with Crippen LogP contribution in [0, 0.1) is 0 Å². The normalized spacial score (nSPS) is 11.7. The molecule has 0 N–H and O–H groups in total. The minimum absolute atomic E-state index is 0.606. The smallest absolute Gasteiger partial charge is 0.165 e. The molecule has 2 aromatic heterocycles. The minimum atomic E-state index is 0.606. The molecule has 0 radical (unpaired) electrons. The Morgan fingerprint density at radius 2 is 0.789 bits per heavy atom. The molecule has 14 rings (SSSR count). The maximum atomic E-state index is 5.55. The van der Waals surface area contributed by atoms with E-state index in [0.717, 1.165) is 71.7 Å². The fourth-order valence-electron chi connectivity index (χ4n) is 10.8. The van der Waals surface area contributed by atoms with Crippen molar-refractivity contribution < 1.29 is 0 Å². The van der Waals surface area contributed by atoms with Crippen molar-refractivity contribution in [3.8, 4) is 73.2 Å². The zero-order chi connectivity index (χ0) is 46.8. The molecule has 0 aliphatic heterocycles. The molecule has 0 atom stereocenters. The Morgan fingerprint density at radius 1 is 0.254 bits per heavy atom. The van der Waals surface area contributed by atoms with Gasteiger partial charge in [0.1, 0.15) is 0 Å². The van der Waals surface area contributed by atoms with Crippen LogP contribution in [0.3, 0.4) is 0 Å². The van der Waals surface area contributed by atoms with Crippen molar-refractivity contribution >= 4 is 64.9 Å². The molecule has 71 heavy (non-hydrogen) atoms. The lowest BCUT2D eigenvalue weighted by Crippen LogP contribution is -2.04. The van der Waals surface area contributed by atoms with E-state index in [2.05, 4.69) is 241 Å². The number of nitrogens with zero attached hydrogens (tertiary/aromatic N) is 4. The predicted molar refractivity (Wildman–Crippen MR) is 297 cm³/mol. The third-order valence-corrected chi connectivity index (χ3v) is 14.2. The van der Waals surface area contributed by atoms with Crippen molar-refractivity contribution in [2.24, 2.45) is 0 Å². The van der Waals surface area contributed by atoms with Crippen molar-refractivity contribution in [3.05, 3.63) is 255 Å². The molecule has 0 saturated heterocycles. The maximum absolute atomic E-state index is 5.55. The Bertz CT molecular complexity index is 4380. The fraction of sp³-hybridized carbons (Fsp3) is 0. The van der Waals surface area contributed by atoms with E-state index in [9.17, 15) is 0 Å². The second kappa shape index (κ2) is 16.6. The van der Waals surface area contributed by atoms with Crippen LogP contribution >= 0.6 is 0 Å². The summed E-state index contributed by atoms with van der Waals surface area (Å²) in [7, 11) is 0. The van der Waals surface area contributed by atoms with Crippen molar-refractivity contribution in [1.82, 2.24) is 19.5 Å². The number of benzene rings is 12. The van der Waals surface area contributed by atoms with E-state index in [1.165, 1.54) is 49.0 Å². The molecule has 4 heteroatoms. The van der Waals surface area contributed by atoms with Gasteiger partial charge in [0, 0.05) is 38.2 Å². The van der Waals surface area contributed by atoms with Crippen LogP contribution in [-0.4, -0.2) is 19.5 Å². The Kier molecular flexibility index (Phi) is 9.49. The quantitative estimate of drug-likeness (QED) is 0.160. The molecule has 0 bridgehead atoms. The number of fused-ring (bicyclic) bond motifs is 8. The highest BCUT2D eigenvalue weighted by atomic mass is 15.0. The zero-order valence-electron chi connectivity index (χ0n) is 38.5. The minimum Gasteiger partial charge on any atom is -0.308 e. The highest BCUT2D eigenvalue weighted by Crippen LogP contribution is 2.46. The van der Waals surface area contributed by atoms with Gasteiger partial charge in [-0.15, -0.1) is 0 Å². The lowest BCUT2D eigenvalue weighted by atomic mass is 9.89.